The van der Waals surface area contributed by atoms with Crippen molar-refractivity contribution in [1.82, 2.24) is 10.2 Å². The number of alkyl halides is 3. The number of carbonyl (C=O) groups excluding carboxylic acids is 1. The maximum absolute atomic E-state index is 12.3. The zero-order chi connectivity index (χ0) is 15.5. The molecule has 0 saturated carbocycles. The quantitative estimate of drug-likeness (QED) is 0.868. The zero-order valence-electron chi connectivity index (χ0n) is 10.2. The number of amides is 1. The van der Waals surface area contributed by atoms with Crippen molar-refractivity contribution < 1.29 is 18.0 Å². The van der Waals surface area contributed by atoms with Gasteiger partial charge >= 0.3 is 6.18 Å². The molecule has 1 heterocycles. The summed E-state index contributed by atoms with van der Waals surface area (Å²) < 4.78 is 37.0. The molecule has 0 bridgehead atoms. The van der Waals surface area contributed by atoms with Gasteiger partial charge in [-0.2, -0.15) is 13.2 Å². The van der Waals surface area contributed by atoms with E-state index in [1.54, 1.807) is 24.3 Å². The van der Waals surface area contributed by atoms with Gasteiger partial charge in [0, 0.05) is 11.1 Å². The van der Waals surface area contributed by atoms with Crippen molar-refractivity contribution in [3.63, 3.8) is 0 Å². The SMILES string of the molecule is O=C(C=Cc1ccccc1Cl)Nc1nnc(C(F)(F)F)s1. The first-order valence-corrected chi connectivity index (χ1v) is 6.70. The van der Waals surface area contributed by atoms with Crippen LogP contribution >= 0.6 is 22.9 Å². The van der Waals surface area contributed by atoms with Crippen LogP contribution in [0.4, 0.5) is 18.3 Å². The smallest absolute Gasteiger partial charge is 0.297 e. The number of aromatic nitrogens is 2. The topological polar surface area (TPSA) is 54.9 Å². The van der Waals surface area contributed by atoms with E-state index in [-0.39, 0.29) is 16.5 Å². The van der Waals surface area contributed by atoms with Crippen molar-refractivity contribution in [2.45, 2.75) is 6.18 Å². The molecule has 0 atom stereocenters. The summed E-state index contributed by atoms with van der Waals surface area (Å²) in [7, 11) is 0. The van der Waals surface area contributed by atoms with E-state index in [9.17, 15) is 18.0 Å². The largest absolute Gasteiger partial charge is 0.445 e. The van der Waals surface area contributed by atoms with Gasteiger partial charge in [-0.3, -0.25) is 10.1 Å². The second-order valence-electron chi connectivity index (χ2n) is 3.75. The molecule has 2 aromatic rings. The molecule has 9 heteroatoms. The third-order valence-electron chi connectivity index (χ3n) is 2.22. The lowest BCUT2D eigenvalue weighted by Gasteiger charge is -1.98. The van der Waals surface area contributed by atoms with E-state index in [4.69, 9.17) is 11.6 Å². The Bertz CT molecular complexity index is 684. The molecule has 21 heavy (non-hydrogen) atoms. The second-order valence-corrected chi connectivity index (χ2v) is 5.14. The molecule has 1 aromatic carbocycles. The first-order valence-electron chi connectivity index (χ1n) is 5.50. The Labute approximate surface area is 126 Å². The number of anilines is 1. The maximum atomic E-state index is 12.3. The van der Waals surface area contributed by atoms with Crippen LogP contribution in [0, 0.1) is 0 Å². The summed E-state index contributed by atoms with van der Waals surface area (Å²) in [6.45, 7) is 0. The third kappa shape index (κ3) is 4.27. The normalized spacial score (nSPS) is 11.8. The minimum absolute atomic E-state index is 0.226. The minimum atomic E-state index is -4.58. The fourth-order valence-corrected chi connectivity index (χ4v) is 2.12. The number of hydrogen-bond donors (Lipinski definition) is 1. The number of carbonyl (C=O) groups is 1. The van der Waals surface area contributed by atoms with E-state index >= 15 is 0 Å². The van der Waals surface area contributed by atoms with Gasteiger partial charge in [-0.1, -0.05) is 41.1 Å². The molecule has 4 nitrogen and oxygen atoms in total. The van der Waals surface area contributed by atoms with Crippen molar-refractivity contribution in [3.05, 3.63) is 45.9 Å². The molecule has 1 aromatic heterocycles. The van der Waals surface area contributed by atoms with E-state index in [0.29, 0.717) is 10.6 Å². The third-order valence-corrected chi connectivity index (χ3v) is 3.44. The van der Waals surface area contributed by atoms with Gasteiger partial charge in [-0.25, -0.2) is 0 Å². The first kappa shape index (κ1) is 15.5. The van der Waals surface area contributed by atoms with E-state index in [0.717, 1.165) is 6.08 Å². The summed E-state index contributed by atoms with van der Waals surface area (Å²) in [6.07, 6.45) is -1.98. The van der Waals surface area contributed by atoms with E-state index in [1.807, 2.05) is 0 Å². The van der Waals surface area contributed by atoms with Crippen LogP contribution < -0.4 is 5.32 Å². The van der Waals surface area contributed by atoms with Crippen LogP contribution in [0.5, 0.6) is 0 Å². The molecule has 1 N–H and O–H groups in total. The predicted octanol–water partition coefficient (Wildman–Crippen LogP) is 3.86. The molecule has 0 aliphatic rings. The fourth-order valence-electron chi connectivity index (χ4n) is 1.31. The summed E-state index contributed by atoms with van der Waals surface area (Å²) in [5.74, 6) is -0.625. The highest BCUT2D eigenvalue weighted by molar-refractivity contribution is 7.15. The number of benzene rings is 1. The van der Waals surface area contributed by atoms with Crippen LogP contribution in [0.15, 0.2) is 30.3 Å². The maximum Gasteiger partial charge on any atom is 0.445 e. The number of nitrogens with one attached hydrogen (secondary N) is 1. The van der Waals surface area contributed by atoms with Crippen molar-refractivity contribution in [2.24, 2.45) is 0 Å². The van der Waals surface area contributed by atoms with Crippen molar-refractivity contribution in [1.29, 1.82) is 0 Å². The number of hydrogen-bond acceptors (Lipinski definition) is 4. The molecule has 0 saturated heterocycles. The van der Waals surface area contributed by atoms with Crippen molar-refractivity contribution >= 4 is 40.1 Å². The standard InChI is InChI=1S/C12H7ClF3N3OS/c13-8-4-2-1-3-7(8)5-6-9(20)17-11-19-18-10(21-11)12(14,15)16/h1-6H,(H,17,19,20). The highest BCUT2D eigenvalue weighted by Crippen LogP contribution is 2.32. The average Bonchev–Trinajstić information content (AvgIpc) is 2.86. The zero-order valence-corrected chi connectivity index (χ0v) is 11.8. The Hall–Kier alpha value is -1.93. The van der Waals surface area contributed by atoms with Gasteiger partial charge in [0.25, 0.3) is 0 Å². The van der Waals surface area contributed by atoms with Gasteiger partial charge < -0.3 is 0 Å². The van der Waals surface area contributed by atoms with E-state index in [1.165, 1.54) is 6.08 Å². The average molecular weight is 334 g/mol. The van der Waals surface area contributed by atoms with Crippen LogP contribution in [-0.4, -0.2) is 16.1 Å². The van der Waals surface area contributed by atoms with Crippen molar-refractivity contribution in [2.75, 3.05) is 5.32 Å². The van der Waals surface area contributed by atoms with Crippen LogP contribution in [0.3, 0.4) is 0 Å². The van der Waals surface area contributed by atoms with Crippen LogP contribution in [0.2, 0.25) is 5.02 Å². The van der Waals surface area contributed by atoms with E-state index < -0.39 is 17.1 Å². The molecule has 110 valence electrons. The molecular weight excluding hydrogens is 327 g/mol. The molecular formula is C12H7ClF3N3OS. The Morgan fingerprint density at radius 2 is 2.00 bits per heavy atom. The summed E-state index contributed by atoms with van der Waals surface area (Å²) in [5, 5.41) is 7.52. The lowest BCUT2D eigenvalue weighted by Crippen LogP contribution is -2.07. The number of rotatable bonds is 3. The predicted molar refractivity (Wildman–Crippen MR) is 74.0 cm³/mol. The van der Waals surface area contributed by atoms with E-state index in [2.05, 4.69) is 15.5 Å². The number of halogens is 4. The molecule has 0 spiro atoms. The van der Waals surface area contributed by atoms with Gasteiger partial charge in [-0.05, 0) is 17.7 Å². The Balaban J connectivity index is 2.02. The van der Waals surface area contributed by atoms with Gasteiger partial charge in [-0.15, -0.1) is 10.2 Å². The summed E-state index contributed by atoms with van der Waals surface area (Å²) in [6, 6.07) is 6.82. The first-order chi connectivity index (χ1) is 9.86. The molecule has 2 rings (SSSR count). The Morgan fingerprint density at radius 1 is 1.29 bits per heavy atom. The Kier molecular flexibility index (Phi) is 4.59. The molecule has 0 aliphatic carbocycles. The molecule has 0 unspecified atom stereocenters. The summed E-state index contributed by atoms with van der Waals surface area (Å²) in [5.41, 5.74) is 0.613. The fraction of sp³-hybridized carbons (Fsp3) is 0.0833. The van der Waals surface area contributed by atoms with Gasteiger partial charge in [0.1, 0.15) is 0 Å². The van der Waals surface area contributed by atoms with Gasteiger partial charge in [0.05, 0.1) is 0 Å². The number of nitrogens with zero attached hydrogens (tertiary/aromatic N) is 2. The minimum Gasteiger partial charge on any atom is -0.297 e. The highest BCUT2D eigenvalue weighted by Gasteiger charge is 2.35. The molecule has 1 amide bonds. The molecule has 0 aliphatic heterocycles. The lowest BCUT2D eigenvalue weighted by atomic mass is 10.2. The second kappa shape index (κ2) is 6.23. The van der Waals surface area contributed by atoms with Gasteiger partial charge in [0.2, 0.25) is 16.0 Å². The summed E-state index contributed by atoms with van der Waals surface area (Å²) >= 11 is 6.15. The van der Waals surface area contributed by atoms with Crippen molar-refractivity contribution in [3.8, 4) is 0 Å². The molecule has 0 fully saturated rings. The van der Waals surface area contributed by atoms with Crippen LogP contribution in [0.1, 0.15) is 10.6 Å². The monoisotopic (exact) mass is 333 g/mol. The molecule has 0 radical (unpaired) electrons. The van der Waals surface area contributed by atoms with Gasteiger partial charge in [0.15, 0.2) is 0 Å². The summed E-state index contributed by atoms with van der Waals surface area (Å²) in [4.78, 5) is 11.6. The highest BCUT2D eigenvalue weighted by atomic mass is 35.5. The Morgan fingerprint density at radius 3 is 2.62 bits per heavy atom. The van der Waals surface area contributed by atoms with Crippen LogP contribution in [-0.2, 0) is 11.0 Å². The van der Waals surface area contributed by atoms with Crippen LogP contribution in [0.25, 0.3) is 6.08 Å². The lowest BCUT2D eigenvalue weighted by molar-refractivity contribution is -0.138.